The first-order valence-corrected chi connectivity index (χ1v) is 11.0. The average molecular weight is 421 g/mol. The van der Waals surface area contributed by atoms with Crippen LogP contribution in [0.4, 0.5) is 0 Å². The fraction of sp³-hybridized carbons (Fsp3) is 0.400. The van der Waals surface area contributed by atoms with Crippen LogP contribution in [0.1, 0.15) is 73.3 Å². The van der Waals surface area contributed by atoms with Gasteiger partial charge in [-0.3, -0.25) is 14.5 Å². The number of unbranched alkanes of at least 4 members (excludes halogenated alkanes) is 1. The lowest BCUT2D eigenvalue weighted by Gasteiger charge is -2.13. The summed E-state index contributed by atoms with van der Waals surface area (Å²) in [6, 6.07) is 14.0. The lowest BCUT2D eigenvalue weighted by molar-refractivity contribution is -0.692. The first-order valence-electron chi connectivity index (χ1n) is 11.0. The topological polar surface area (TPSA) is 55.4 Å². The Labute approximate surface area is 183 Å². The van der Waals surface area contributed by atoms with Crippen molar-refractivity contribution in [2.45, 2.75) is 52.6 Å². The number of carbonyl (C=O) groups is 2. The Bertz CT molecular complexity index is 1100. The van der Waals surface area contributed by atoms with Crippen LogP contribution in [0, 0.1) is 0 Å². The van der Waals surface area contributed by atoms with E-state index in [1.165, 1.54) is 10.4 Å². The van der Waals surface area contributed by atoms with E-state index >= 15 is 0 Å². The van der Waals surface area contributed by atoms with Crippen LogP contribution in [-0.2, 0) is 0 Å². The van der Waals surface area contributed by atoms with Crippen molar-refractivity contribution in [1.29, 1.82) is 0 Å². The normalized spacial score (nSPS) is 13.7. The van der Waals surface area contributed by atoms with E-state index in [-0.39, 0.29) is 11.8 Å². The molecule has 1 aromatic heterocycles. The van der Waals surface area contributed by atoms with E-state index in [4.69, 9.17) is 4.74 Å². The van der Waals surface area contributed by atoms with Crippen molar-refractivity contribution in [3.05, 3.63) is 59.9 Å². The van der Waals surface area contributed by atoms with Gasteiger partial charge in [-0.1, -0.05) is 12.1 Å². The van der Waals surface area contributed by atoms with Gasteiger partial charge < -0.3 is 4.74 Å². The highest BCUT2D eigenvalue weighted by Gasteiger charge is 2.34. The molecule has 0 atom stereocenters. The summed E-state index contributed by atoms with van der Waals surface area (Å²) in [5, 5.41) is 0. The highest BCUT2D eigenvalue weighted by Crippen LogP contribution is 2.24. The predicted octanol–water partition coefficient (Wildman–Crippen LogP) is 4.55. The number of ether oxygens (including phenoxy) is 1. The van der Waals surface area contributed by atoms with Crippen molar-refractivity contribution in [3.8, 4) is 5.75 Å². The number of nitrogens with zero attached hydrogens (tertiary/aromatic N) is 3. The molecule has 0 bridgehead atoms. The summed E-state index contributed by atoms with van der Waals surface area (Å²) in [6.45, 7) is 9.68. The Morgan fingerprint density at radius 1 is 0.935 bits per heavy atom. The number of carbonyl (C=O) groups excluding carboxylic acids is 2. The number of rotatable bonds is 8. The Morgan fingerprint density at radius 3 is 2.23 bits per heavy atom. The number of benzene rings is 2. The maximum absolute atomic E-state index is 12.4. The molecule has 0 unspecified atom stereocenters. The van der Waals surface area contributed by atoms with Crippen molar-refractivity contribution < 1.29 is 18.9 Å². The molecular weight excluding hydrogens is 390 g/mol. The van der Waals surface area contributed by atoms with Crippen LogP contribution in [0.2, 0.25) is 0 Å². The zero-order chi connectivity index (χ0) is 22.1. The van der Waals surface area contributed by atoms with Crippen LogP contribution in [0.3, 0.4) is 0 Å². The average Bonchev–Trinajstić information content (AvgIpc) is 3.25. The van der Waals surface area contributed by atoms with Crippen LogP contribution in [0.15, 0.2) is 48.8 Å². The van der Waals surface area contributed by atoms with Gasteiger partial charge in [-0.25, -0.2) is 9.13 Å². The summed E-state index contributed by atoms with van der Waals surface area (Å²) in [7, 11) is 0. The molecule has 6 heteroatoms. The number of aromatic nitrogens is 2. The highest BCUT2D eigenvalue weighted by atomic mass is 16.5. The van der Waals surface area contributed by atoms with E-state index < -0.39 is 0 Å². The number of fused-ring (bicyclic) bond motifs is 2. The van der Waals surface area contributed by atoms with Gasteiger partial charge in [-0.15, -0.1) is 0 Å². The molecule has 1 aliphatic rings. The SMILES string of the molecule is CC(C)n1c[n+](C(C)C)c2cc(OCCCCN3C(=O)c4ccccc4C3=O)ccc21. The Balaban J connectivity index is 1.35. The molecule has 4 rings (SSSR count). The molecule has 6 nitrogen and oxygen atoms in total. The van der Waals surface area contributed by atoms with Crippen molar-refractivity contribution in [3.63, 3.8) is 0 Å². The molecule has 1 aliphatic heterocycles. The Hall–Kier alpha value is -3.15. The molecule has 3 aromatic rings. The third-order valence-corrected chi connectivity index (χ3v) is 5.79. The molecule has 2 heterocycles. The van der Waals surface area contributed by atoms with Crippen LogP contribution >= 0.6 is 0 Å². The van der Waals surface area contributed by atoms with Gasteiger partial charge in [-0.05, 0) is 64.8 Å². The summed E-state index contributed by atoms with van der Waals surface area (Å²) in [5.74, 6) is 0.448. The Morgan fingerprint density at radius 2 is 1.61 bits per heavy atom. The van der Waals surface area contributed by atoms with Gasteiger partial charge in [-0.2, -0.15) is 0 Å². The minimum Gasteiger partial charge on any atom is -0.493 e. The summed E-state index contributed by atoms with van der Waals surface area (Å²) in [4.78, 5) is 26.2. The van der Waals surface area contributed by atoms with Crippen LogP contribution in [0.5, 0.6) is 5.75 Å². The molecule has 0 spiro atoms. The zero-order valence-corrected chi connectivity index (χ0v) is 18.7. The van der Waals surface area contributed by atoms with E-state index in [0.29, 0.717) is 42.8 Å². The predicted molar refractivity (Wildman–Crippen MR) is 119 cm³/mol. The first-order chi connectivity index (χ1) is 14.9. The molecule has 0 aliphatic carbocycles. The number of hydrogen-bond donors (Lipinski definition) is 0. The molecule has 2 amide bonds. The minimum atomic E-state index is -0.195. The zero-order valence-electron chi connectivity index (χ0n) is 18.7. The van der Waals surface area contributed by atoms with E-state index in [2.05, 4.69) is 55.3 Å². The summed E-state index contributed by atoms with van der Waals surface area (Å²) in [5.41, 5.74) is 3.36. The molecule has 2 aromatic carbocycles. The van der Waals surface area contributed by atoms with E-state index in [0.717, 1.165) is 17.7 Å². The fourth-order valence-corrected chi connectivity index (χ4v) is 4.10. The van der Waals surface area contributed by atoms with Gasteiger partial charge in [0, 0.05) is 12.6 Å². The number of hydrogen-bond acceptors (Lipinski definition) is 3. The Kier molecular flexibility index (Phi) is 5.81. The standard InChI is InChI=1S/C25H30N3O3/c1-17(2)27-16-28(18(3)4)23-15-19(11-12-22(23)27)31-14-8-7-13-26-24(29)20-9-5-6-10-21(20)25(26)30/h5-6,9-12,15-18H,7-8,13-14H2,1-4H3/q+1. The smallest absolute Gasteiger partial charge is 0.261 e. The molecule has 0 fully saturated rings. The number of imide groups is 1. The van der Waals surface area contributed by atoms with Gasteiger partial charge in [0.05, 0.1) is 29.8 Å². The van der Waals surface area contributed by atoms with Crippen molar-refractivity contribution >= 4 is 22.8 Å². The first kappa shape index (κ1) is 21.1. The van der Waals surface area contributed by atoms with Gasteiger partial charge in [0.25, 0.3) is 11.8 Å². The molecular formula is C25H30N3O3+. The van der Waals surface area contributed by atoms with Gasteiger partial charge in [0.2, 0.25) is 6.33 Å². The molecule has 0 saturated heterocycles. The van der Waals surface area contributed by atoms with E-state index in [1.807, 2.05) is 6.07 Å². The number of amides is 2. The molecule has 0 N–H and O–H groups in total. The monoisotopic (exact) mass is 420 g/mol. The fourth-order valence-electron chi connectivity index (χ4n) is 4.10. The molecule has 31 heavy (non-hydrogen) atoms. The third kappa shape index (κ3) is 3.94. The largest absolute Gasteiger partial charge is 0.493 e. The maximum Gasteiger partial charge on any atom is 0.261 e. The summed E-state index contributed by atoms with van der Waals surface area (Å²) >= 11 is 0. The molecule has 0 saturated carbocycles. The second-order valence-electron chi connectivity index (χ2n) is 8.63. The second kappa shape index (κ2) is 8.53. The van der Waals surface area contributed by atoms with Crippen molar-refractivity contribution in [1.82, 2.24) is 9.47 Å². The third-order valence-electron chi connectivity index (χ3n) is 5.79. The highest BCUT2D eigenvalue weighted by molar-refractivity contribution is 6.21. The van der Waals surface area contributed by atoms with Crippen molar-refractivity contribution in [2.24, 2.45) is 0 Å². The lowest BCUT2D eigenvalue weighted by atomic mass is 10.1. The number of imidazole rings is 1. The summed E-state index contributed by atoms with van der Waals surface area (Å²) < 4.78 is 10.5. The molecule has 0 radical (unpaired) electrons. The van der Waals surface area contributed by atoms with Crippen molar-refractivity contribution in [2.75, 3.05) is 13.2 Å². The quantitative estimate of drug-likeness (QED) is 0.305. The maximum atomic E-state index is 12.4. The van der Waals surface area contributed by atoms with Crippen LogP contribution < -0.4 is 9.30 Å². The molecule has 162 valence electrons. The van der Waals surface area contributed by atoms with Gasteiger partial charge >= 0.3 is 0 Å². The second-order valence-corrected chi connectivity index (χ2v) is 8.63. The van der Waals surface area contributed by atoms with Gasteiger partial charge in [0.15, 0.2) is 11.0 Å². The van der Waals surface area contributed by atoms with E-state index in [1.54, 1.807) is 24.3 Å². The minimum absolute atomic E-state index is 0.195. The lowest BCUT2D eigenvalue weighted by Crippen LogP contribution is -2.34. The van der Waals surface area contributed by atoms with Crippen LogP contribution in [0.25, 0.3) is 11.0 Å². The van der Waals surface area contributed by atoms with Crippen LogP contribution in [-0.4, -0.2) is 34.4 Å². The summed E-state index contributed by atoms with van der Waals surface area (Å²) in [6.07, 6.45) is 3.65. The van der Waals surface area contributed by atoms with E-state index in [9.17, 15) is 9.59 Å². The van der Waals surface area contributed by atoms with Gasteiger partial charge in [0.1, 0.15) is 5.75 Å².